The van der Waals surface area contributed by atoms with Gasteiger partial charge in [0.1, 0.15) is 6.10 Å². The summed E-state index contributed by atoms with van der Waals surface area (Å²) in [5.41, 5.74) is 1.10. The van der Waals surface area contributed by atoms with Crippen LogP contribution in [0.2, 0.25) is 0 Å². The number of carboxylic acid groups (broad SMARTS) is 2. The summed E-state index contributed by atoms with van der Waals surface area (Å²) in [6.45, 7) is 1.89. The average molecular weight is 503 g/mol. The Bertz CT molecular complexity index is 797. The van der Waals surface area contributed by atoms with Crippen LogP contribution < -0.4 is 5.32 Å². The fourth-order valence-electron chi connectivity index (χ4n) is 3.26. The molecule has 3 rings (SSSR count). The lowest BCUT2D eigenvalue weighted by Crippen LogP contribution is -2.47. The lowest BCUT2D eigenvalue weighted by molar-refractivity contribution is -0.193. The summed E-state index contributed by atoms with van der Waals surface area (Å²) < 4.78 is 69.4. The number of likely N-dealkylation sites (tertiary alicyclic amines) is 1. The van der Waals surface area contributed by atoms with E-state index in [0.717, 1.165) is 38.0 Å². The number of ether oxygens (including phenoxy) is 1. The average Bonchev–Trinajstić information content (AvgIpc) is 3.15. The Hall–Kier alpha value is -2.94. The number of halogens is 6. The summed E-state index contributed by atoms with van der Waals surface area (Å²) in [4.78, 5) is 36.3. The molecule has 2 aliphatic rings. The number of nitrogens with one attached hydrogen (secondary N) is 1. The molecule has 0 aromatic carbocycles. The van der Waals surface area contributed by atoms with Crippen molar-refractivity contribution in [1.29, 1.82) is 0 Å². The van der Waals surface area contributed by atoms with E-state index in [0.29, 0.717) is 6.04 Å². The number of pyridine rings is 1. The quantitative estimate of drug-likeness (QED) is 0.536. The van der Waals surface area contributed by atoms with Gasteiger partial charge in [0, 0.05) is 32.4 Å². The van der Waals surface area contributed by atoms with E-state index in [4.69, 9.17) is 24.5 Å². The van der Waals surface area contributed by atoms with Crippen LogP contribution in [0, 0.1) is 0 Å². The van der Waals surface area contributed by atoms with Gasteiger partial charge < -0.3 is 20.3 Å². The molecule has 0 spiro atoms. The van der Waals surface area contributed by atoms with E-state index in [1.807, 2.05) is 18.3 Å². The number of fused-ring (bicyclic) bond motifs is 1. The molecule has 0 radical (unpaired) electrons. The monoisotopic (exact) mass is 503 g/mol. The van der Waals surface area contributed by atoms with E-state index in [1.165, 1.54) is 0 Å². The highest BCUT2D eigenvalue weighted by Gasteiger charge is 2.41. The lowest BCUT2D eigenvalue weighted by atomic mass is 9.98. The minimum absolute atomic E-state index is 0.00614. The molecule has 2 fully saturated rings. The number of hydrogen-bond donors (Lipinski definition) is 3. The van der Waals surface area contributed by atoms with Crippen molar-refractivity contribution < 1.29 is 55.7 Å². The van der Waals surface area contributed by atoms with E-state index >= 15 is 0 Å². The van der Waals surface area contributed by atoms with Crippen molar-refractivity contribution in [3.63, 3.8) is 0 Å². The van der Waals surface area contributed by atoms with Crippen molar-refractivity contribution in [1.82, 2.24) is 15.2 Å². The molecule has 192 valence electrons. The van der Waals surface area contributed by atoms with Crippen LogP contribution in [0.1, 0.15) is 25.0 Å². The highest BCUT2D eigenvalue weighted by molar-refractivity contribution is 5.80. The van der Waals surface area contributed by atoms with Crippen LogP contribution in [0.5, 0.6) is 0 Å². The number of hydrogen-bond acceptors (Lipinski definition) is 6. The number of carbonyl (C=O) groups excluding carboxylic acids is 1. The number of rotatable bonds is 3. The van der Waals surface area contributed by atoms with Gasteiger partial charge in [0.05, 0.1) is 11.8 Å². The van der Waals surface area contributed by atoms with Crippen LogP contribution in [0.25, 0.3) is 0 Å². The number of carboxylic acids is 2. The molecular weight excluding hydrogens is 480 g/mol. The summed E-state index contributed by atoms with van der Waals surface area (Å²) in [6.07, 6.45) is -5.58. The van der Waals surface area contributed by atoms with Crippen LogP contribution in [0.4, 0.5) is 26.3 Å². The fraction of sp³-hybridized carbons (Fsp3) is 0.579. The van der Waals surface area contributed by atoms with Crippen LogP contribution in [0.15, 0.2) is 24.4 Å². The first kappa shape index (κ1) is 29.1. The molecule has 0 bridgehead atoms. The van der Waals surface area contributed by atoms with Crippen molar-refractivity contribution in [2.45, 2.75) is 56.4 Å². The van der Waals surface area contributed by atoms with Crippen molar-refractivity contribution >= 4 is 17.8 Å². The van der Waals surface area contributed by atoms with Crippen LogP contribution >= 0.6 is 0 Å². The van der Waals surface area contributed by atoms with E-state index in [2.05, 4.69) is 21.3 Å². The molecule has 15 heteroatoms. The summed E-state index contributed by atoms with van der Waals surface area (Å²) in [6, 6.07) is 6.45. The highest BCUT2D eigenvalue weighted by Crippen LogP contribution is 2.32. The molecular formula is C19H23F6N3O6. The first-order valence-corrected chi connectivity index (χ1v) is 9.78. The molecule has 1 aromatic heterocycles. The van der Waals surface area contributed by atoms with Gasteiger partial charge in [-0.1, -0.05) is 6.07 Å². The summed E-state index contributed by atoms with van der Waals surface area (Å²) in [7, 11) is 1.67. The van der Waals surface area contributed by atoms with Crippen molar-refractivity contribution in [2.75, 3.05) is 13.6 Å². The Kier molecular flexibility index (Phi) is 10.7. The third kappa shape index (κ3) is 9.51. The smallest absolute Gasteiger partial charge is 0.475 e. The number of alkyl halides is 6. The van der Waals surface area contributed by atoms with Gasteiger partial charge in [0.15, 0.2) is 0 Å². The second-order valence-corrected chi connectivity index (χ2v) is 7.11. The van der Waals surface area contributed by atoms with Crippen LogP contribution in [-0.2, 0) is 25.7 Å². The van der Waals surface area contributed by atoms with Gasteiger partial charge in [0.25, 0.3) is 0 Å². The molecule has 2 aliphatic heterocycles. The zero-order valence-electron chi connectivity index (χ0n) is 17.8. The summed E-state index contributed by atoms with van der Waals surface area (Å²) in [5.74, 6) is -5.51. The largest absolute Gasteiger partial charge is 0.490 e. The number of amides is 1. The van der Waals surface area contributed by atoms with Gasteiger partial charge in [-0.2, -0.15) is 26.3 Å². The first-order chi connectivity index (χ1) is 15.7. The summed E-state index contributed by atoms with van der Waals surface area (Å²) in [5, 5.41) is 16.9. The molecule has 1 aromatic rings. The van der Waals surface area contributed by atoms with Gasteiger partial charge in [-0.25, -0.2) is 9.59 Å². The normalized spacial score (nSPS) is 22.3. The fourth-order valence-corrected chi connectivity index (χ4v) is 3.26. The van der Waals surface area contributed by atoms with E-state index < -0.39 is 24.3 Å². The molecule has 0 saturated carbocycles. The van der Waals surface area contributed by atoms with Gasteiger partial charge in [-0.3, -0.25) is 14.7 Å². The van der Waals surface area contributed by atoms with Crippen molar-refractivity contribution in [2.24, 2.45) is 0 Å². The number of likely N-dealkylation sites (N-methyl/N-ethyl adjacent to an activating group) is 1. The number of nitrogens with zero attached hydrogens (tertiary/aromatic N) is 2. The van der Waals surface area contributed by atoms with Gasteiger partial charge in [-0.05, 0) is 31.4 Å². The Morgan fingerprint density at radius 3 is 2.06 bits per heavy atom. The Morgan fingerprint density at radius 1 is 1.06 bits per heavy atom. The SMILES string of the molecule is CNC(=O)[C@@H]1CC[C@@H]2[C@@H](CCN2Cc2ccccn2)O1.O=C(O)C(F)(F)F.O=C(O)C(F)(F)F. The number of aromatic nitrogens is 1. The Balaban J connectivity index is 0.000000343. The lowest BCUT2D eigenvalue weighted by Gasteiger charge is -2.35. The minimum Gasteiger partial charge on any atom is -0.475 e. The van der Waals surface area contributed by atoms with E-state index in [9.17, 15) is 31.1 Å². The second kappa shape index (κ2) is 12.5. The van der Waals surface area contributed by atoms with Crippen LogP contribution in [-0.4, -0.2) is 82.1 Å². The molecule has 3 heterocycles. The second-order valence-electron chi connectivity index (χ2n) is 7.11. The van der Waals surface area contributed by atoms with Gasteiger partial charge >= 0.3 is 24.3 Å². The topological polar surface area (TPSA) is 129 Å². The maximum atomic E-state index is 11.7. The molecule has 34 heavy (non-hydrogen) atoms. The first-order valence-electron chi connectivity index (χ1n) is 9.78. The number of aliphatic carboxylic acids is 2. The molecule has 0 aliphatic carbocycles. The standard InChI is InChI=1S/C15H21N3O2.2C2HF3O2/c1-16-15(19)14-6-5-12-13(20-14)7-9-18(12)10-11-4-2-3-8-17-11;2*3-2(4,5)1(6)7/h2-4,8,12-14H,5-7,9-10H2,1H3,(H,16,19);2*(H,6,7)/t12-,13-,14+;;/m1../s1. The predicted molar refractivity (Wildman–Crippen MR) is 102 cm³/mol. The summed E-state index contributed by atoms with van der Waals surface area (Å²) >= 11 is 0. The van der Waals surface area contributed by atoms with Gasteiger partial charge in [0.2, 0.25) is 5.91 Å². The van der Waals surface area contributed by atoms with Crippen LogP contribution in [0.3, 0.4) is 0 Å². The maximum Gasteiger partial charge on any atom is 0.490 e. The zero-order chi connectivity index (χ0) is 26.1. The molecule has 3 atom stereocenters. The molecule has 2 saturated heterocycles. The molecule has 3 N–H and O–H groups in total. The number of carbonyl (C=O) groups is 3. The molecule has 1 amide bonds. The molecule has 9 nitrogen and oxygen atoms in total. The Labute approximate surface area is 189 Å². The van der Waals surface area contributed by atoms with E-state index in [1.54, 1.807) is 7.05 Å². The van der Waals surface area contributed by atoms with Crippen molar-refractivity contribution in [3.8, 4) is 0 Å². The van der Waals surface area contributed by atoms with Gasteiger partial charge in [-0.15, -0.1) is 0 Å². The van der Waals surface area contributed by atoms with Crippen molar-refractivity contribution in [3.05, 3.63) is 30.1 Å². The minimum atomic E-state index is -5.08. The zero-order valence-corrected chi connectivity index (χ0v) is 17.8. The highest BCUT2D eigenvalue weighted by atomic mass is 19.4. The third-order valence-electron chi connectivity index (χ3n) is 4.78. The maximum absolute atomic E-state index is 11.7. The molecule has 0 unspecified atom stereocenters. The van der Waals surface area contributed by atoms with E-state index in [-0.39, 0.29) is 18.1 Å². The Morgan fingerprint density at radius 2 is 1.62 bits per heavy atom. The third-order valence-corrected chi connectivity index (χ3v) is 4.78. The predicted octanol–water partition coefficient (Wildman–Crippen LogP) is 2.22.